The summed E-state index contributed by atoms with van der Waals surface area (Å²) in [6, 6.07) is 8.16. The lowest BCUT2D eigenvalue weighted by Gasteiger charge is -2.22. The number of aryl methyl sites for hydroxylation is 1. The lowest BCUT2D eigenvalue weighted by atomic mass is 10.1. The van der Waals surface area contributed by atoms with Gasteiger partial charge in [-0.25, -0.2) is 0 Å². The molecule has 0 saturated carbocycles. The van der Waals surface area contributed by atoms with Gasteiger partial charge in [-0.1, -0.05) is 26.0 Å². The smallest absolute Gasteiger partial charge is 0.193 e. The van der Waals surface area contributed by atoms with E-state index in [1.54, 1.807) is 7.11 Å². The minimum atomic E-state index is 0.405. The van der Waals surface area contributed by atoms with Crippen LogP contribution in [0.4, 0.5) is 0 Å². The molecule has 0 saturated heterocycles. The van der Waals surface area contributed by atoms with Crippen LogP contribution < -0.4 is 10.1 Å². The van der Waals surface area contributed by atoms with Crippen LogP contribution in [0, 0.1) is 0 Å². The molecule has 1 aromatic carbocycles. The number of guanidine groups is 1. The molecule has 0 amide bonds. The Bertz CT molecular complexity index is 736. The molecule has 26 heavy (non-hydrogen) atoms. The monoisotopic (exact) mass is 357 g/mol. The maximum atomic E-state index is 5.28. The van der Waals surface area contributed by atoms with E-state index in [1.807, 2.05) is 30.9 Å². The van der Waals surface area contributed by atoms with E-state index in [-0.39, 0.29) is 0 Å². The highest BCUT2D eigenvalue weighted by molar-refractivity contribution is 5.79. The van der Waals surface area contributed by atoms with Crippen LogP contribution in [-0.2, 0) is 20.0 Å². The van der Waals surface area contributed by atoms with Gasteiger partial charge in [0.1, 0.15) is 5.75 Å². The Hall–Kier alpha value is -2.50. The first-order valence-corrected chi connectivity index (χ1v) is 9.01. The Morgan fingerprint density at radius 2 is 2.15 bits per heavy atom. The zero-order valence-corrected chi connectivity index (χ0v) is 16.8. The van der Waals surface area contributed by atoms with Crippen molar-refractivity contribution in [2.45, 2.75) is 32.7 Å². The maximum Gasteiger partial charge on any atom is 0.193 e. The van der Waals surface area contributed by atoms with Gasteiger partial charge in [-0.15, -0.1) is 0 Å². The molecule has 2 rings (SSSR count). The molecule has 2 aromatic rings. The Morgan fingerprint density at radius 1 is 1.38 bits per heavy atom. The van der Waals surface area contributed by atoms with Crippen LogP contribution in [-0.4, -0.2) is 48.4 Å². The molecule has 0 atom stereocenters. The molecule has 0 spiro atoms. The fourth-order valence-corrected chi connectivity index (χ4v) is 3.02. The normalized spacial score (nSPS) is 11.7. The largest absolute Gasteiger partial charge is 0.497 e. The van der Waals surface area contributed by atoms with Gasteiger partial charge in [0.05, 0.1) is 12.8 Å². The van der Waals surface area contributed by atoms with Crippen molar-refractivity contribution in [1.29, 1.82) is 0 Å². The zero-order chi connectivity index (χ0) is 19.1. The van der Waals surface area contributed by atoms with Gasteiger partial charge in [-0.3, -0.25) is 9.67 Å². The molecule has 1 aromatic heterocycles. The summed E-state index contributed by atoms with van der Waals surface area (Å²) in [5, 5.41) is 8.02. The molecule has 0 aliphatic heterocycles. The molecular weight excluding hydrogens is 326 g/mol. The van der Waals surface area contributed by atoms with Crippen molar-refractivity contribution in [3.63, 3.8) is 0 Å². The van der Waals surface area contributed by atoms with Crippen LogP contribution in [0.3, 0.4) is 0 Å². The molecule has 0 fully saturated rings. The van der Waals surface area contributed by atoms with Crippen LogP contribution in [0.1, 0.15) is 36.6 Å². The summed E-state index contributed by atoms with van der Waals surface area (Å²) in [6.45, 7) is 5.94. The molecule has 6 heteroatoms. The molecular formula is C20H31N5O. The van der Waals surface area contributed by atoms with Gasteiger partial charge in [0.15, 0.2) is 5.96 Å². The molecule has 0 aliphatic rings. The first-order chi connectivity index (χ1) is 12.4. The number of hydrogen-bond donors (Lipinski definition) is 1. The van der Waals surface area contributed by atoms with Crippen molar-refractivity contribution in [2.24, 2.45) is 12.0 Å². The fourth-order valence-electron chi connectivity index (χ4n) is 3.02. The van der Waals surface area contributed by atoms with Crippen molar-refractivity contribution in [2.75, 3.05) is 27.7 Å². The number of nitrogens with zero attached hydrogens (tertiary/aromatic N) is 4. The minimum absolute atomic E-state index is 0.405. The molecule has 142 valence electrons. The summed E-state index contributed by atoms with van der Waals surface area (Å²) < 4.78 is 7.17. The highest BCUT2D eigenvalue weighted by Crippen LogP contribution is 2.18. The third kappa shape index (κ3) is 5.25. The average molecular weight is 358 g/mol. The van der Waals surface area contributed by atoms with E-state index in [9.17, 15) is 0 Å². The fraction of sp³-hybridized carbons (Fsp3) is 0.500. The van der Waals surface area contributed by atoms with Crippen molar-refractivity contribution < 1.29 is 4.74 Å². The number of aromatic nitrogens is 2. The highest BCUT2D eigenvalue weighted by Gasteiger charge is 2.15. The van der Waals surface area contributed by atoms with Gasteiger partial charge in [-0.2, -0.15) is 5.10 Å². The topological polar surface area (TPSA) is 54.7 Å². The zero-order valence-electron chi connectivity index (χ0n) is 16.8. The standard InChI is InChI=1S/C20H31N5O/c1-15(2)19-17(14-25(5)23-19)13-24(4)20(21-3)22-11-10-16-8-7-9-18(12-16)26-6/h7-9,12,14-15H,10-11,13H2,1-6H3,(H,21,22). The number of benzene rings is 1. The summed E-state index contributed by atoms with van der Waals surface area (Å²) in [6.07, 6.45) is 3.00. The Balaban J connectivity index is 1.93. The van der Waals surface area contributed by atoms with Gasteiger partial charge in [0.25, 0.3) is 0 Å². The first kappa shape index (κ1) is 19.8. The molecule has 0 bridgehead atoms. The Kier molecular flexibility index (Phi) is 7.06. The highest BCUT2D eigenvalue weighted by atomic mass is 16.5. The van der Waals surface area contributed by atoms with Crippen LogP contribution in [0.2, 0.25) is 0 Å². The first-order valence-electron chi connectivity index (χ1n) is 9.01. The van der Waals surface area contributed by atoms with Crippen molar-refractivity contribution >= 4 is 5.96 Å². The molecule has 1 N–H and O–H groups in total. The number of aliphatic imine (C=N–C) groups is 1. The van der Waals surface area contributed by atoms with Crippen LogP contribution in [0.25, 0.3) is 0 Å². The second kappa shape index (κ2) is 9.27. The van der Waals surface area contributed by atoms with Crippen molar-refractivity contribution in [3.8, 4) is 5.75 Å². The predicted octanol–water partition coefficient (Wildman–Crippen LogP) is 2.80. The summed E-state index contributed by atoms with van der Waals surface area (Å²) in [7, 11) is 7.53. The Morgan fingerprint density at radius 3 is 2.81 bits per heavy atom. The summed E-state index contributed by atoms with van der Waals surface area (Å²) in [4.78, 5) is 6.54. The number of hydrogen-bond acceptors (Lipinski definition) is 3. The Labute approximate surface area is 156 Å². The van der Waals surface area contributed by atoms with Crippen LogP contribution >= 0.6 is 0 Å². The lowest BCUT2D eigenvalue weighted by Crippen LogP contribution is -2.39. The summed E-state index contributed by atoms with van der Waals surface area (Å²) in [5.74, 6) is 2.18. The molecule has 0 unspecified atom stereocenters. The molecule has 1 heterocycles. The van der Waals surface area contributed by atoms with Gasteiger partial charge >= 0.3 is 0 Å². The van der Waals surface area contributed by atoms with E-state index in [0.717, 1.165) is 36.9 Å². The lowest BCUT2D eigenvalue weighted by molar-refractivity contribution is 0.414. The van der Waals surface area contributed by atoms with Crippen molar-refractivity contribution in [3.05, 3.63) is 47.3 Å². The number of methoxy groups -OCH3 is 1. The number of nitrogens with one attached hydrogen (secondary N) is 1. The van der Waals surface area contributed by atoms with Gasteiger partial charge < -0.3 is 15.0 Å². The van der Waals surface area contributed by atoms with E-state index in [2.05, 4.69) is 59.5 Å². The third-order valence-electron chi connectivity index (χ3n) is 4.30. The number of ether oxygens (including phenoxy) is 1. The van der Waals surface area contributed by atoms with Gasteiger partial charge in [-0.05, 0) is 30.0 Å². The van der Waals surface area contributed by atoms with Crippen LogP contribution in [0.15, 0.2) is 35.5 Å². The number of rotatable bonds is 7. The van der Waals surface area contributed by atoms with E-state index in [4.69, 9.17) is 4.74 Å². The van der Waals surface area contributed by atoms with E-state index >= 15 is 0 Å². The van der Waals surface area contributed by atoms with Gasteiger partial charge in [0, 0.05) is 46.0 Å². The second-order valence-corrected chi connectivity index (χ2v) is 6.80. The maximum absolute atomic E-state index is 5.28. The average Bonchev–Trinajstić information content (AvgIpc) is 2.99. The predicted molar refractivity (Wildman–Crippen MR) is 107 cm³/mol. The second-order valence-electron chi connectivity index (χ2n) is 6.80. The minimum Gasteiger partial charge on any atom is -0.497 e. The molecule has 6 nitrogen and oxygen atoms in total. The van der Waals surface area contributed by atoms with E-state index in [0.29, 0.717) is 5.92 Å². The quantitative estimate of drug-likeness (QED) is 0.611. The summed E-state index contributed by atoms with van der Waals surface area (Å²) >= 11 is 0. The van der Waals surface area contributed by atoms with Gasteiger partial charge in [0.2, 0.25) is 0 Å². The van der Waals surface area contributed by atoms with Crippen molar-refractivity contribution in [1.82, 2.24) is 20.0 Å². The van der Waals surface area contributed by atoms with E-state index < -0.39 is 0 Å². The SMILES string of the molecule is CN=C(NCCc1cccc(OC)c1)N(C)Cc1cn(C)nc1C(C)C. The van der Waals surface area contributed by atoms with Crippen LogP contribution in [0.5, 0.6) is 5.75 Å². The molecule has 0 aliphatic carbocycles. The van der Waals surface area contributed by atoms with E-state index in [1.165, 1.54) is 11.1 Å². The summed E-state index contributed by atoms with van der Waals surface area (Å²) in [5.41, 5.74) is 3.62. The molecule has 0 radical (unpaired) electrons. The third-order valence-corrected chi connectivity index (χ3v) is 4.30.